The predicted octanol–water partition coefficient (Wildman–Crippen LogP) is 2.63. The van der Waals surface area contributed by atoms with Crippen LogP contribution in [0.5, 0.6) is 0 Å². The third-order valence-electron chi connectivity index (χ3n) is 4.93. The van der Waals surface area contributed by atoms with E-state index < -0.39 is 0 Å². The molecule has 144 valence electrons. The average molecular weight is 381 g/mol. The molecule has 0 bridgehead atoms. The molecule has 1 unspecified atom stereocenters. The second-order valence-corrected chi connectivity index (χ2v) is 6.63. The van der Waals surface area contributed by atoms with Crippen LogP contribution in [0.4, 0.5) is 4.39 Å². The summed E-state index contributed by atoms with van der Waals surface area (Å²) < 4.78 is 21.5. The fourth-order valence-electron chi connectivity index (χ4n) is 3.64. The van der Waals surface area contributed by atoms with Gasteiger partial charge in [-0.25, -0.2) is 14.1 Å². The Labute approximate surface area is 161 Å². The Morgan fingerprint density at radius 1 is 1.25 bits per heavy atom. The molecule has 0 aliphatic carbocycles. The molecule has 1 amide bonds. The molecule has 1 atom stereocenters. The van der Waals surface area contributed by atoms with E-state index in [0.717, 1.165) is 17.0 Å². The second kappa shape index (κ2) is 7.47. The van der Waals surface area contributed by atoms with E-state index in [4.69, 9.17) is 4.74 Å². The number of para-hydroxylation sites is 1. The zero-order chi connectivity index (χ0) is 19.7. The summed E-state index contributed by atoms with van der Waals surface area (Å²) in [6, 6.07) is 6.16. The Morgan fingerprint density at radius 2 is 2.07 bits per heavy atom. The molecule has 8 heteroatoms. The molecule has 3 aromatic rings. The Hall–Kier alpha value is -3.13. The number of hydrogen-bond donors (Lipinski definition) is 0. The molecule has 28 heavy (non-hydrogen) atoms. The van der Waals surface area contributed by atoms with Gasteiger partial charge < -0.3 is 9.64 Å². The van der Waals surface area contributed by atoms with Crippen LogP contribution in [0.1, 0.15) is 33.5 Å². The lowest BCUT2D eigenvalue weighted by atomic mass is 10.0. The largest absolute Gasteiger partial charge is 0.377 e. The van der Waals surface area contributed by atoms with E-state index in [9.17, 15) is 9.18 Å². The van der Waals surface area contributed by atoms with E-state index in [2.05, 4.69) is 15.1 Å². The average Bonchev–Trinajstić information content (AvgIpc) is 3.02. The van der Waals surface area contributed by atoms with Gasteiger partial charge in [0.1, 0.15) is 17.2 Å². The van der Waals surface area contributed by atoms with Gasteiger partial charge in [0.15, 0.2) is 0 Å². The lowest BCUT2D eigenvalue weighted by molar-refractivity contribution is -0.00337. The minimum absolute atomic E-state index is 0.209. The number of aromatic nitrogens is 4. The molecule has 3 heterocycles. The van der Waals surface area contributed by atoms with Gasteiger partial charge in [0.2, 0.25) is 0 Å². The zero-order valence-corrected chi connectivity index (χ0v) is 15.7. The van der Waals surface area contributed by atoms with E-state index in [0.29, 0.717) is 25.4 Å². The topological polar surface area (TPSA) is 73.1 Å². The first-order valence-electron chi connectivity index (χ1n) is 9.03. The molecule has 1 fully saturated rings. The van der Waals surface area contributed by atoms with E-state index in [1.165, 1.54) is 24.7 Å². The van der Waals surface area contributed by atoms with Crippen molar-refractivity contribution in [3.8, 4) is 5.69 Å². The highest BCUT2D eigenvalue weighted by molar-refractivity contribution is 5.92. The smallest absolute Gasteiger partial charge is 0.274 e. The fourth-order valence-corrected chi connectivity index (χ4v) is 3.64. The van der Waals surface area contributed by atoms with E-state index in [1.807, 2.05) is 13.8 Å². The van der Waals surface area contributed by atoms with Crippen molar-refractivity contribution in [2.24, 2.45) is 0 Å². The summed E-state index contributed by atoms with van der Waals surface area (Å²) in [6.45, 7) is 4.96. The second-order valence-electron chi connectivity index (χ2n) is 6.63. The normalized spacial score (nSPS) is 17.0. The number of morpholine rings is 1. The first kappa shape index (κ1) is 18.2. The first-order chi connectivity index (χ1) is 13.6. The van der Waals surface area contributed by atoms with Crippen LogP contribution < -0.4 is 0 Å². The Kier molecular flexibility index (Phi) is 4.87. The van der Waals surface area contributed by atoms with Gasteiger partial charge in [-0.2, -0.15) is 5.10 Å². The van der Waals surface area contributed by atoms with Gasteiger partial charge >= 0.3 is 0 Å². The summed E-state index contributed by atoms with van der Waals surface area (Å²) in [4.78, 5) is 22.9. The molecule has 0 saturated carbocycles. The highest BCUT2D eigenvalue weighted by Gasteiger charge is 2.34. The van der Waals surface area contributed by atoms with Crippen molar-refractivity contribution in [3.05, 3.63) is 71.3 Å². The number of aryl methyl sites for hydroxylation is 1. The lowest BCUT2D eigenvalue weighted by Gasteiger charge is -2.35. The molecule has 1 saturated heterocycles. The van der Waals surface area contributed by atoms with Gasteiger partial charge in [-0.15, -0.1) is 0 Å². The van der Waals surface area contributed by atoms with Crippen LogP contribution in [-0.2, 0) is 4.74 Å². The molecule has 1 aliphatic rings. The highest BCUT2D eigenvalue weighted by Crippen LogP contribution is 2.32. The number of rotatable bonds is 3. The number of carbonyl (C=O) groups is 1. The quantitative estimate of drug-likeness (QED) is 0.697. The molecule has 1 aromatic carbocycles. The molecular formula is C20H20FN5O2. The molecular weight excluding hydrogens is 361 g/mol. The summed E-state index contributed by atoms with van der Waals surface area (Å²) in [5.74, 6) is -0.564. The molecule has 4 rings (SSSR count). The van der Waals surface area contributed by atoms with E-state index >= 15 is 0 Å². The third-order valence-corrected chi connectivity index (χ3v) is 4.93. The van der Waals surface area contributed by atoms with Crippen LogP contribution >= 0.6 is 0 Å². The molecule has 0 radical (unpaired) electrons. The van der Waals surface area contributed by atoms with Crippen molar-refractivity contribution in [1.82, 2.24) is 24.6 Å². The van der Waals surface area contributed by atoms with Gasteiger partial charge in [0.25, 0.3) is 5.91 Å². The van der Waals surface area contributed by atoms with Gasteiger partial charge in [-0.05, 0) is 26.0 Å². The number of ether oxygens (including phenoxy) is 1. The van der Waals surface area contributed by atoms with Crippen molar-refractivity contribution in [1.29, 1.82) is 0 Å². The fraction of sp³-hybridized carbons (Fsp3) is 0.300. The maximum absolute atomic E-state index is 14.3. The number of carbonyl (C=O) groups excluding carboxylic acids is 1. The summed E-state index contributed by atoms with van der Waals surface area (Å²) >= 11 is 0. The predicted molar refractivity (Wildman–Crippen MR) is 99.6 cm³/mol. The molecule has 0 spiro atoms. The first-order valence-corrected chi connectivity index (χ1v) is 9.03. The highest BCUT2D eigenvalue weighted by atomic mass is 19.1. The van der Waals surface area contributed by atoms with Crippen molar-refractivity contribution in [2.45, 2.75) is 19.9 Å². The molecule has 2 aromatic heterocycles. The van der Waals surface area contributed by atoms with Crippen LogP contribution in [0.2, 0.25) is 0 Å². The SMILES string of the molecule is Cc1nn(-c2ccccc2F)c(C)c1C1COCCN1C(=O)c1cnccn1. The van der Waals surface area contributed by atoms with Crippen LogP contribution in [0, 0.1) is 19.7 Å². The number of nitrogens with zero attached hydrogens (tertiary/aromatic N) is 5. The van der Waals surface area contributed by atoms with Crippen LogP contribution in [0.25, 0.3) is 5.69 Å². The molecule has 0 N–H and O–H groups in total. The Bertz CT molecular complexity index is 1010. The van der Waals surface area contributed by atoms with E-state index in [1.54, 1.807) is 27.8 Å². The van der Waals surface area contributed by atoms with Crippen LogP contribution in [-0.4, -0.2) is 50.3 Å². The Balaban J connectivity index is 1.75. The van der Waals surface area contributed by atoms with Gasteiger partial charge in [0, 0.05) is 30.2 Å². The maximum Gasteiger partial charge on any atom is 0.274 e. The van der Waals surface area contributed by atoms with Crippen molar-refractivity contribution >= 4 is 5.91 Å². The summed E-state index contributed by atoms with van der Waals surface area (Å²) in [5, 5.41) is 4.54. The number of benzene rings is 1. The number of hydrogen-bond acceptors (Lipinski definition) is 5. The minimum Gasteiger partial charge on any atom is -0.377 e. The molecule has 1 aliphatic heterocycles. The third kappa shape index (κ3) is 3.16. The van der Waals surface area contributed by atoms with Crippen LogP contribution in [0.3, 0.4) is 0 Å². The van der Waals surface area contributed by atoms with Crippen LogP contribution in [0.15, 0.2) is 42.9 Å². The summed E-state index contributed by atoms with van der Waals surface area (Å²) in [6.07, 6.45) is 4.48. The van der Waals surface area contributed by atoms with Gasteiger partial charge in [-0.3, -0.25) is 9.78 Å². The van der Waals surface area contributed by atoms with Gasteiger partial charge in [0.05, 0.1) is 31.1 Å². The summed E-state index contributed by atoms with van der Waals surface area (Å²) in [7, 11) is 0. The monoisotopic (exact) mass is 381 g/mol. The maximum atomic E-state index is 14.3. The zero-order valence-electron chi connectivity index (χ0n) is 15.7. The molecule has 7 nitrogen and oxygen atoms in total. The lowest BCUT2D eigenvalue weighted by Crippen LogP contribution is -2.44. The standard InChI is InChI=1S/C20H20FN5O2/c1-13-19(14(2)26(24-13)17-6-4-3-5-15(17)21)18-12-28-10-9-25(18)20(27)16-11-22-7-8-23-16/h3-8,11,18H,9-10,12H2,1-2H3. The minimum atomic E-state index is -0.355. The Morgan fingerprint density at radius 3 is 2.82 bits per heavy atom. The van der Waals surface area contributed by atoms with Crippen molar-refractivity contribution < 1.29 is 13.9 Å². The van der Waals surface area contributed by atoms with Crippen molar-refractivity contribution in [3.63, 3.8) is 0 Å². The number of amides is 1. The summed E-state index contributed by atoms with van der Waals surface area (Å²) in [5.41, 5.74) is 3.02. The van der Waals surface area contributed by atoms with Crippen molar-refractivity contribution in [2.75, 3.05) is 19.8 Å². The number of halogens is 1. The van der Waals surface area contributed by atoms with E-state index in [-0.39, 0.29) is 23.5 Å². The van der Waals surface area contributed by atoms with Gasteiger partial charge in [-0.1, -0.05) is 12.1 Å².